The molecule has 9 heteroatoms. The summed E-state index contributed by atoms with van der Waals surface area (Å²) in [5.41, 5.74) is 0. The average Bonchev–Trinajstić information content (AvgIpc) is 3.41. The van der Waals surface area contributed by atoms with Crippen molar-refractivity contribution in [1.29, 1.82) is 0 Å². The Kier molecular flexibility index (Phi) is 5.07. The number of hydrogen-bond acceptors (Lipinski definition) is 5. The largest absolute Gasteiger partial charge is 0.484 e. The van der Waals surface area contributed by atoms with Gasteiger partial charge in [0.05, 0.1) is 17.5 Å². The van der Waals surface area contributed by atoms with Crippen LogP contribution < -0.4 is 4.74 Å². The summed E-state index contributed by atoms with van der Waals surface area (Å²) in [5.74, 6) is 1.89. The van der Waals surface area contributed by atoms with E-state index in [9.17, 15) is 13.2 Å². The molecule has 2 heterocycles. The molecule has 0 unspecified atom stereocenters. The average molecular weight is 455 g/mol. The molecule has 5 atom stereocenters. The molecule has 2 aliphatic heterocycles. The van der Waals surface area contributed by atoms with E-state index in [-0.39, 0.29) is 35.3 Å². The van der Waals surface area contributed by atoms with Gasteiger partial charge < -0.3 is 9.64 Å². The van der Waals surface area contributed by atoms with Crippen LogP contribution in [0.4, 0.5) is 0 Å². The highest BCUT2D eigenvalue weighted by molar-refractivity contribution is 8.15. The Morgan fingerprint density at radius 3 is 2.66 bits per heavy atom. The van der Waals surface area contributed by atoms with Crippen LogP contribution >= 0.6 is 23.4 Å². The second-order valence-electron chi connectivity index (χ2n) is 8.48. The van der Waals surface area contributed by atoms with E-state index in [0.717, 1.165) is 12.3 Å². The van der Waals surface area contributed by atoms with E-state index in [1.54, 1.807) is 24.3 Å². The summed E-state index contributed by atoms with van der Waals surface area (Å²) in [6.45, 7) is -0.149. The number of amides is 1. The first-order valence-electron chi connectivity index (χ1n) is 10.0. The number of carbonyl (C=O) groups excluding carboxylic acids is 1. The predicted molar refractivity (Wildman–Crippen MR) is 114 cm³/mol. The summed E-state index contributed by atoms with van der Waals surface area (Å²) in [7, 11) is -3.02. The molecular weight excluding hydrogens is 432 g/mol. The number of nitrogens with zero attached hydrogens (tertiary/aromatic N) is 2. The van der Waals surface area contributed by atoms with Crippen LogP contribution in [0, 0.1) is 11.8 Å². The zero-order valence-corrected chi connectivity index (χ0v) is 18.3. The number of carbonyl (C=O) groups is 1. The van der Waals surface area contributed by atoms with Crippen LogP contribution in [0.1, 0.15) is 25.7 Å². The molecule has 2 saturated heterocycles. The molecule has 0 N–H and O–H groups in total. The van der Waals surface area contributed by atoms with Crippen molar-refractivity contribution in [3.8, 4) is 5.75 Å². The monoisotopic (exact) mass is 454 g/mol. The minimum atomic E-state index is -3.02. The molecule has 1 aromatic carbocycles. The van der Waals surface area contributed by atoms with E-state index < -0.39 is 9.84 Å². The Balaban J connectivity index is 1.33. The fourth-order valence-corrected chi connectivity index (χ4v) is 9.46. The molecule has 2 bridgehead atoms. The second-order valence-corrected chi connectivity index (χ2v) is 12.3. The third-order valence-corrected chi connectivity index (χ3v) is 10.0. The lowest BCUT2D eigenvalue weighted by Gasteiger charge is -2.36. The predicted octanol–water partition coefficient (Wildman–Crippen LogP) is 3.00. The van der Waals surface area contributed by atoms with Crippen molar-refractivity contribution >= 4 is 44.3 Å². The molecule has 6 nitrogen and oxygen atoms in total. The molecule has 0 aromatic heterocycles. The first-order chi connectivity index (χ1) is 13.9. The minimum Gasteiger partial charge on any atom is -0.484 e. The third-order valence-electron chi connectivity index (χ3n) is 6.56. The summed E-state index contributed by atoms with van der Waals surface area (Å²) in [6, 6.07) is 7.09. The van der Waals surface area contributed by atoms with Crippen molar-refractivity contribution < 1.29 is 17.9 Å². The Bertz CT molecular complexity index is 950. The molecule has 156 valence electrons. The number of rotatable bonds is 4. The number of amidine groups is 1. The van der Waals surface area contributed by atoms with Gasteiger partial charge in [0.15, 0.2) is 21.6 Å². The molecule has 0 spiro atoms. The second kappa shape index (κ2) is 7.46. The van der Waals surface area contributed by atoms with Gasteiger partial charge in [-0.3, -0.25) is 4.79 Å². The van der Waals surface area contributed by atoms with E-state index in [2.05, 4.69) is 9.89 Å². The van der Waals surface area contributed by atoms with Crippen molar-refractivity contribution in [2.24, 2.45) is 16.8 Å². The number of aliphatic imine (C=N–C) groups is 1. The lowest BCUT2D eigenvalue weighted by atomic mass is 9.93. The van der Waals surface area contributed by atoms with Crippen LogP contribution in [0.2, 0.25) is 5.02 Å². The SMILES string of the molecule is O=C(COc1ccc(Cl)cc1)N=C1S[C@@H]2CS(=O)(=O)C[C@H]2N1[C@H]1C[C@H]2CC[C@H]1C2. The van der Waals surface area contributed by atoms with Crippen molar-refractivity contribution in [3.05, 3.63) is 29.3 Å². The first-order valence-corrected chi connectivity index (χ1v) is 13.1. The number of halogens is 1. The number of sulfone groups is 1. The smallest absolute Gasteiger partial charge is 0.285 e. The number of fused-ring (bicyclic) bond motifs is 3. The van der Waals surface area contributed by atoms with Gasteiger partial charge in [-0.1, -0.05) is 29.8 Å². The molecule has 4 fully saturated rings. The zero-order chi connectivity index (χ0) is 20.2. The Morgan fingerprint density at radius 2 is 1.97 bits per heavy atom. The standard InChI is InChI=1S/C20H23ClN2O4S2/c21-14-3-5-15(6-4-14)27-9-19(24)22-20-23(16-8-12-1-2-13(16)7-12)17-10-29(25,26)11-18(17)28-20/h3-6,12-13,16-18H,1-2,7-11H2/t12-,13-,16-,17+,18+/m0/s1. The maximum Gasteiger partial charge on any atom is 0.285 e. The van der Waals surface area contributed by atoms with Gasteiger partial charge in [0, 0.05) is 16.3 Å². The van der Waals surface area contributed by atoms with E-state index >= 15 is 0 Å². The van der Waals surface area contributed by atoms with Crippen molar-refractivity contribution in [2.75, 3.05) is 18.1 Å². The molecule has 2 saturated carbocycles. The molecule has 29 heavy (non-hydrogen) atoms. The van der Waals surface area contributed by atoms with Gasteiger partial charge in [0.1, 0.15) is 5.75 Å². The van der Waals surface area contributed by atoms with E-state index in [1.165, 1.54) is 31.0 Å². The third kappa shape index (κ3) is 3.91. The van der Waals surface area contributed by atoms with Crippen molar-refractivity contribution in [2.45, 2.75) is 43.0 Å². The van der Waals surface area contributed by atoms with E-state index in [4.69, 9.17) is 16.3 Å². The van der Waals surface area contributed by atoms with Crippen LogP contribution in [0.25, 0.3) is 0 Å². The van der Waals surface area contributed by atoms with Crippen molar-refractivity contribution in [3.63, 3.8) is 0 Å². The van der Waals surface area contributed by atoms with Gasteiger partial charge in [0.2, 0.25) is 0 Å². The van der Waals surface area contributed by atoms with Crippen LogP contribution in [0.5, 0.6) is 5.75 Å². The summed E-state index contributed by atoms with van der Waals surface area (Å²) in [4.78, 5) is 19.1. The number of thioether (sulfide) groups is 1. The molecule has 0 radical (unpaired) electrons. The summed E-state index contributed by atoms with van der Waals surface area (Å²) in [6.07, 6.45) is 4.77. The zero-order valence-electron chi connectivity index (χ0n) is 15.9. The maximum atomic E-state index is 12.5. The van der Waals surface area contributed by atoms with Crippen LogP contribution in [-0.2, 0) is 14.6 Å². The summed E-state index contributed by atoms with van der Waals surface area (Å²) < 4.78 is 29.9. The van der Waals surface area contributed by atoms with E-state index in [1.807, 2.05) is 0 Å². The fraction of sp³-hybridized carbons (Fsp3) is 0.600. The van der Waals surface area contributed by atoms with Gasteiger partial charge in [0.25, 0.3) is 5.91 Å². The van der Waals surface area contributed by atoms with Crippen LogP contribution in [-0.4, -0.2) is 59.8 Å². The molecule has 2 aliphatic carbocycles. The fourth-order valence-electron chi connectivity index (χ4n) is 5.35. The highest BCUT2D eigenvalue weighted by atomic mass is 35.5. The minimum absolute atomic E-state index is 0.0251. The molecule has 4 aliphatic rings. The van der Waals surface area contributed by atoms with Crippen LogP contribution in [0.3, 0.4) is 0 Å². The normalized spacial score (nSPS) is 36.0. The number of hydrogen-bond donors (Lipinski definition) is 0. The quantitative estimate of drug-likeness (QED) is 0.696. The molecular formula is C20H23ClN2O4S2. The Morgan fingerprint density at radius 1 is 1.17 bits per heavy atom. The lowest BCUT2D eigenvalue weighted by molar-refractivity contribution is -0.119. The molecule has 1 amide bonds. The first kappa shape index (κ1) is 19.7. The van der Waals surface area contributed by atoms with Crippen molar-refractivity contribution in [1.82, 2.24) is 4.90 Å². The Labute approximate surface area is 179 Å². The highest BCUT2D eigenvalue weighted by Gasteiger charge is 2.54. The topological polar surface area (TPSA) is 76.0 Å². The number of ether oxygens (including phenoxy) is 1. The van der Waals surface area contributed by atoms with Gasteiger partial charge in [-0.15, -0.1) is 0 Å². The van der Waals surface area contributed by atoms with Gasteiger partial charge in [-0.05, 0) is 55.4 Å². The summed E-state index contributed by atoms with van der Waals surface area (Å²) >= 11 is 7.32. The van der Waals surface area contributed by atoms with Crippen LogP contribution in [0.15, 0.2) is 29.3 Å². The lowest BCUT2D eigenvalue weighted by Crippen LogP contribution is -2.47. The van der Waals surface area contributed by atoms with E-state index in [0.29, 0.717) is 27.9 Å². The Hall–Kier alpha value is -1.25. The molecule has 1 aromatic rings. The van der Waals surface area contributed by atoms with Gasteiger partial charge in [-0.2, -0.15) is 4.99 Å². The van der Waals surface area contributed by atoms with Gasteiger partial charge in [-0.25, -0.2) is 8.42 Å². The number of benzene rings is 1. The van der Waals surface area contributed by atoms with Gasteiger partial charge >= 0.3 is 0 Å². The summed E-state index contributed by atoms with van der Waals surface area (Å²) in [5, 5.41) is 1.27. The maximum absolute atomic E-state index is 12.5. The highest BCUT2D eigenvalue weighted by Crippen LogP contribution is 2.51. The molecule has 5 rings (SSSR count).